The van der Waals surface area contributed by atoms with Gasteiger partial charge in [0.25, 0.3) is 0 Å². The molecule has 0 aliphatic carbocycles. The van der Waals surface area contributed by atoms with Crippen LogP contribution in [0.5, 0.6) is 0 Å². The summed E-state index contributed by atoms with van der Waals surface area (Å²) in [5, 5.41) is 3.09. The molecule has 0 aromatic carbocycles. The van der Waals surface area contributed by atoms with Crippen molar-refractivity contribution in [2.45, 2.75) is 38.3 Å². The maximum atomic E-state index is 11.1. The van der Waals surface area contributed by atoms with E-state index in [9.17, 15) is 4.79 Å². The number of rotatable bonds is 8. The second-order valence-corrected chi connectivity index (χ2v) is 5.16. The topological polar surface area (TPSA) is 64.3 Å². The second-order valence-electron chi connectivity index (χ2n) is 4.01. The quantitative estimate of drug-likeness (QED) is 0.620. The molecule has 0 saturated carbocycles. The van der Waals surface area contributed by atoms with E-state index in [0.717, 1.165) is 31.1 Å². The summed E-state index contributed by atoms with van der Waals surface area (Å²) in [5.74, 6) is 1.75. The number of amides is 1. The highest BCUT2D eigenvalue weighted by molar-refractivity contribution is 7.99. The first-order valence-electron chi connectivity index (χ1n) is 5.96. The van der Waals surface area contributed by atoms with Crippen LogP contribution >= 0.6 is 11.8 Å². The lowest BCUT2D eigenvalue weighted by Gasteiger charge is -2.14. The molecule has 1 saturated heterocycles. The van der Waals surface area contributed by atoms with Crippen LogP contribution in [0, 0.1) is 0 Å². The lowest BCUT2D eigenvalue weighted by atomic mass is 10.2. The first-order valence-corrected chi connectivity index (χ1v) is 7.11. The van der Waals surface area contributed by atoms with E-state index in [1.807, 2.05) is 18.7 Å². The van der Waals surface area contributed by atoms with Crippen molar-refractivity contribution >= 4 is 17.7 Å². The standard InChI is InChI=1S/C11H22N2O2S/c1-2-13-10(11(12)14)5-7-16-8-9-4-3-6-15-9/h9-10,13H,2-8H2,1H3,(H2,12,14). The molecule has 1 amide bonds. The monoisotopic (exact) mass is 246 g/mol. The summed E-state index contributed by atoms with van der Waals surface area (Å²) in [6.07, 6.45) is 3.60. The Hall–Kier alpha value is -0.260. The molecule has 5 heteroatoms. The van der Waals surface area contributed by atoms with Crippen molar-refractivity contribution in [2.75, 3.05) is 24.7 Å². The summed E-state index contributed by atoms with van der Waals surface area (Å²) in [5.41, 5.74) is 5.29. The van der Waals surface area contributed by atoms with Gasteiger partial charge in [0.2, 0.25) is 5.91 Å². The minimum absolute atomic E-state index is 0.179. The fourth-order valence-electron chi connectivity index (χ4n) is 1.78. The number of nitrogens with two attached hydrogens (primary N) is 1. The fraction of sp³-hybridized carbons (Fsp3) is 0.909. The number of likely N-dealkylation sites (N-methyl/N-ethyl adjacent to an activating group) is 1. The molecule has 0 aromatic rings. The van der Waals surface area contributed by atoms with Crippen LogP contribution in [-0.2, 0) is 9.53 Å². The van der Waals surface area contributed by atoms with E-state index in [4.69, 9.17) is 10.5 Å². The molecule has 16 heavy (non-hydrogen) atoms. The van der Waals surface area contributed by atoms with Gasteiger partial charge in [-0.15, -0.1) is 0 Å². The molecule has 0 bridgehead atoms. The molecule has 1 rings (SSSR count). The van der Waals surface area contributed by atoms with Gasteiger partial charge in [0.15, 0.2) is 0 Å². The Morgan fingerprint density at radius 3 is 3.06 bits per heavy atom. The maximum absolute atomic E-state index is 11.1. The minimum atomic E-state index is -0.250. The van der Waals surface area contributed by atoms with E-state index in [1.165, 1.54) is 12.8 Å². The predicted octanol–water partition coefficient (Wildman–Crippen LogP) is 0.752. The van der Waals surface area contributed by atoms with Crippen molar-refractivity contribution in [3.05, 3.63) is 0 Å². The van der Waals surface area contributed by atoms with Gasteiger partial charge in [-0.2, -0.15) is 11.8 Å². The molecule has 1 aliphatic rings. The largest absolute Gasteiger partial charge is 0.377 e. The van der Waals surface area contributed by atoms with E-state index in [-0.39, 0.29) is 11.9 Å². The van der Waals surface area contributed by atoms with Gasteiger partial charge in [-0.25, -0.2) is 0 Å². The van der Waals surface area contributed by atoms with Crippen LogP contribution in [0.25, 0.3) is 0 Å². The summed E-state index contributed by atoms with van der Waals surface area (Å²) in [4.78, 5) is 11.1. The SMILES string of the molecule is CCNC(CCSCC1CCCO1)C(N)=O. The summed E-state index contributed by atoms with van der Waals surface area (Å²) < 4.78 is 5.53. The lowest BCUT2D eigenvalue weighted by Crippen LogP contribution is -2.41. The molecule has 2 atom stereocenters. The van der Waals surface area contributed by atoms with Gasteiger partial charge in [-0.05, 0) is 31.6 Å². The lowest BCUT2D eigenvalue weighted by molar-refractivity contribution is -0.120. The summed E-state index contributed by atoms with van der Waals surface area (Å²) >= 11 is 1.85. The number of hydrogen-bond acceptors (Lipinski definition) is 4. The maximum Gasteiger partial charge on any atom is 0.234 e. The van der Waals surface area contributed by atoms with Gasteiger partial charge in [-0.3, -0.25) is 4.79 Å². The van der Waals surface area contributed by atoms with Crippen LogP contribution in [0.3, 0.4) is 0 Å². The Bertz CT molecular complexity index is 208. The molecule has 3 N–H and O–H groups in total. The van der Waals surface area contributed by atoms with Crippen LogP contribution in [0.15, 0.2) is 0 Å². The highest BCUT2D eigenvalue weighted by Gasteiger charge is 2.16. The van der Waals surface area contributed by atoms with Crippen LogP contribution in [0.1, 0.15) is 26.2 Å². The number of carbonyl (C=O) groups excluding carboxylic acids is 1. The van der Waals surface area contributed by atoms with Crippen LogP contribution in [-0.4, -0.2) is 42.7 Å². The van der Waals surface area contributed by atoms with Crippen LogP contribution in [0.2, 0.25) is 0 Å². The van der Waals surface area contributed by atoms with Crippen molar-refractivity contribution in [1.29, 1.82) is 0 Å². The molecular weight excluding hydrogens is 224 g/mol. The molecular formula is C11H22N2O2S. The fourth-order valence-corrected chi connectivity index (χ4v) is 2.88. The third-order valence-electron chi connectivity index (χ3n) is 2.67. The van der Waals surface area contributed by atoms with Crippen molar-refractivity contribution in [3.63, 3.8) is 0 Å². The average molecular weight is 246 g/mol. The second kappa shape index (κ2) is 7.92. The number of ether oxygens (including phenoxy) is 1. The zero-order valence-corrected chi connectivity index (χ0v) is 10.7. The highest BCUT2D eigenvalue weighted by atomic mass is 32.2. The Kier molecular flexibility index (Phi) is 6.84. The summed E-state index contributed by atoms with van der Waals surface area (Å²) in [7, 11) is 0. The van der Waals surface area contributed by atoms with Crippen molar-refractivity contribution in [2.24, 2.45) is 5.73 Å². The molecule has 4 nitrogen and oxygen atoms in total. The minimum Gasteiger partial charge on any atom is -0.377 e. The number of primary amides is 1. The van der Waals surface area contributed by atoms with Crippen molar-refractivity contribution in [3.8, 4) is 0 Å². The average Bonchev–Trinajstić information content (AvgIpc) is 2.75. The Labute approximate surface area is 102 Å². The number of nitrogens with one attached hydrogen (secondary N) is 1. The van der Waals surface area contributed by atoms with Crippen molar-refractivity contribution in [1.82, 2.24) is 5.32 Å². The molecule has 0 radical (unpaired) electrons. The molecule has 0 aromatic heterocycles. The van der Waals surface area contributed by atoms with Crippen LogP contribution < -0.4 is 11.1 Å². The third kappa shape index (κ3) is 5.18. The normalized spacial score (nSPS) is 22.2. The summed E-state index contributed by atoms with van der Waals surface area (Å²) in [6, 6.07) is -0.179. The number of thioether (sulfide) groups is 1. The van der Waals surface area contributed by atoms with E-state index >= 15 is 0 Å². The van der Waals surface area contributed by atoms with Gasteiger partial charge in [0.1, 0.15) is 0 Å². The molecule has 1 heterocycles. The smallest absolute Gasteiger partial charge is 0.234 e. The number of carbonyl (C=O) groups is 1. The first kappa shape index (κ1) is 13.8. The summed E-state index contributed by atoms with van der Waals surface area (Å²) in [6.45, 7) is 3.67. The Morgan fingerprint density at radius 2 is 2.50 bits per heavy atom. The zero-order valence-electron chi connectivity index (χ0n) is 9.91. The molecule has 0 spiro atoms. The zero-order chi connectivity index (χ0) is 11.8. The van der Waals surface area contributed by atoms with Gasteiger partial charge >= 0.3 is 0 Å². The first-order chi connectivity index (χ1) is 7.74. The molecule has 94 valence electrons. The number of hydrogen-bond donors (Lipinski definition) is 2. The van der Waals surface area contributed by atoms with E-state index in [1.54, 1.807) is 0 Å². The van der Waals surface area contributed by atoms with Crippen molar-refractivity contribution < 1.29 is 9.53 Å². The molecule has 1 aliphatic heterocycles. The Balaban J connectivity index is 2.05. The van der Waals surface area contributed by atoms with E-state index in [2.05, 4.69) is 5.32 Å². The van der Waals surface area contributed by atoms with Gasteiger partial charge in [0, 0.05) is 12.4 Å². The van der Waals surface area contributed by atoms with Gasteiger partial charge in [0.05, 0.1) is 12.1 Å². The third-order valence-corrected chi connectivity index (χ3v) is 3.80. The van der Waals surface area contributed by atoms with E-state index in [0.29, 0.717) is 6.10 Å². The van der Waals surface area contributed by atoms with Gasteiger partial charge in [-0.1, -0.05) is 6.92 Å². The predicted molar refractivity (Wildman–Crippen MR) is 67.6 cm³/mol. The Morgan fingerprint density at radius 1 is 1.69 bits per heavy atom. The van der Waals surface area contributed by atoms with Gasteiger partial charge < -0.3 is 15.8 Å². The van der Waals surface area contributed by atoms with E-state index < -0.39 is 0 Å². The van der Waals surface area contributed by atoms with Crippen LogP contribution in [0.4, 0.5) is 0 Å². The highest BCUT2D eigenvalue weighted by Crippen LogP contribution is 2.17. The molecule has 2 unspecified atom stereocenters. The molecule has 1 fully saturated rings.